The Balaban J connectivity index is 1.37. The Morgan fingerprint density at radius 2 is 1.56 bits per heavy atom. The highest BCUT2D eigenvalue weighted by atomic mass is 16.6. The third-order valence-corrected chi connectivity index (χ3v) is 17.5. The molecule has 2 bridgehead atoms. The number of nitrogens with zero attached hydrogens (tertiary/aromatic N) is 2. The Kier molecular flexibility index (Phi) is 26.5. The van der Waals surface area contributed by atoms with Crippen molar-refractivity contribution in [3.63, 3.8) is 0 Å². The van der Waals surface area contributed by atoms with Crippen LogP contribution in [0.5, 0.6) is 0 Å². The summed E-state index contributed by atoms with van der Waals surface area (Å²) in [6, 6.07) is -1.15. The molecule has 4 aliphatic heterocycles. The molecule has 17 heteroatoms. The van der Waals surface area contributed by atoms with Crippen molar-refractivity contribution in [1.82, 2.24) is 9.80 Å². The van der Waals surface area contributed by atoms with Gasteiger partial charge in [0, 0.05) is 71.6 Å². The normalized spacial score (nSPS) is 37.3. The molecule has 3 saturated heterocycles. The maximum atomic E-state index is 14.6. The average Bonchev–Trinajstić information content (AvgIpc) is 3.52. The van der Waals surface area contributed by atoms with Crippen LogP contribution in [-0.2, 0) is 61.9 Å². The Hall–Kier alpha value is -3.94. The number of aliphatic hydroxyl groups excluding tert-OH is 1. The Bertz CT molecular complexity index is 2080. The number of amides is 1. The molecule has 78 heavy (non-hydrogen) atoms. The number of hydrogen-bond acceptors (Lipinski definition) is 16. The van der Waals surface area contributed by atoms with E-state index in [0.717, 1.165) is 57.3 Å². The predicted octanol–water partition coefficient (Wildman–Crippen LogP) is 7.48. The van der Waals surface area contributed by atoms with Crippen LogP contribution < -0.4 is 0 Å². The van der Waals surface area contributed by atoms with Crippen molar-refractivity contribution in [2.24, 2.45) is 41.4 Å². The van der Waals surface area contributed by atoms with E-state index in [1.54, 1.807) is 41.1 Å². The molecular weight excluding hydrogens is 1000 g/mol. The van der Waals surface area contributed by atoms with Gasteiger partial charge in [0.25, 0.3) is 18.2 Å². The van der Waals surface area contributed by atoms with Crippen LogP contribution in [0.15, 0.2) is 47.6 Å². The Morgan fingerprint density at radius 3 is 2.26 bits per heavy atom. The number of aliphatic hydroxyl groups is 2. The lowest BCUT2D eigenvalue weighted by atomic mass is 9.78. The van der Waals surface area contributed by atoms with E-state index in [0.29, 0.717) is 82.5 Å². The second-order valence-electron chi connectivity index (χ2n) is 23.5. The fraction of sp³-hybridized carbons (Fsp3) is 0.770. The lowest BCUT2D eigenvalue weighted by Gasteiger charge is -2.42. The summed E-state index contributed by atoms with van der Waals surface area (Å²) >= 11 is 0. The molecule has 0 unspecified atom stereocenters. The first kappa shape index (κ1) is 64.9. The van der Waals surface area contributed by atoms with Gasteiger partial charge in [-0.15, -0.1) is 0 Å². The molecular formula is C61H96N2O15. The number of carbonyl (C=O) groups excluding carboxylic acids is 6. The van der Waals surface area contributed by atoms with E-state index in [-0.39, 0.29) is 60.9 Å². The number of ketones is 3. The second kappa shape index (κ2) is 31.9. The number of piperidine rings is 2. The summed E-state index contributed by atoms with van der Waals surface area (Å²) in [6.07, 6.45) is 15.3. The summed E-state index contributed by atoms with van der Waals surface area (Å²) in [5, 5.41) is 23.6. The molecule has 17 nitrogen and oxygen atoms in total. The van der Waals surface area contributed by atoms with Crippen LogP contribution in [0.3, 0.4) is 0 Å². The first-order chi connectivity index (χ1) is 37.2. The smallest absolute Gasteiger partial charge is 0.329 e. The lowest BCUT2D eigenvalue weighted by Crippen LogP contribution is -2.61. The number of cyclic esters (lactones) is 1. The highest BCUT2D eigenvalue weighted by Gasteiger charge is 2.53. The average molecular weight is 1100 g/mol. The first-order valence-electron chi connectivity index (χ1n) is 29.1. The molecule has 15 atom stereocenters. The fourth-order valence-corrected chi connectivity index (χ4v) is 12.4. The quantitative estimate of drug-likeness (QED) is 0.0567. The van der Waals surface area contributed by atoms with Gasteiger partial charge in [0.05, 0.1) is 31.0 Å². The topological polar surface area (TPSA) is 214 Å². The van der Waals surface area contributed by atoms with Gasteiger partial charge < -0.3 is 53.2 Å². The van der Waals surface area contributed by atoms with Crippen LogP contribution in [-0.4, -0.2) is 171 Å². The molecule has 0 spiro atoms. The first-order valence-corrected chi connectivity index (χ1v) is 29.1. The molecule has 1 saturated carbocycles. The van der Waals surface area contributed by atoms with Crippen LogP contribution in [0.1, 0.15) is 145 Å². The zero-order valence-electron chi connectivity index (χ0n) is 48.6. The van der Waals surface area contributed by atoms with Gasteiger partial charge in [-0.05, 0) is 145 Å². The minimum absolute atomic E-state index is 0.0126. The number of allylic oxidation sites excluding steroid dienone is 6. The van der Waals surface area contributed by atoms with Crippen LogP contribution in [0.4, 0.5) is 0 Å². The van der Waals surface area contributed by atoms with Crippen molar-refractivity contribution in [2.75, 3.05) is 60.7 Å². The number of Topliss-reactive ketones (excluding diaryl/α,β-unsaturated/α-hetero) is 3. The number of rotatable bonds is 14. The SMILES string of the molecule is CO[C@H]1C[C@@H]2CC[C@@H](C)[C@@](O)(O2)C(=O)C(=O)N2CCCC[C@H]2C(=O)O[C@H]([C@H](C)C[C@@H]2CC[C@@H](OCCCN3CCC(COC=O)CC3)[C@H](OC)C2)CC(=O)[C@H](C)/C=C(\C)[C@@H](O)[C@@H](OC)C(=O)[C@H](C)C[C@H](C)/C=C/C=C/C=C/1C. The third-order valence-electron chi connectivity index (χ3n) is 17.5. The van der Waals surface area contributed by atoms with Crippen molar-refractivity contribution < 1.29 is 72.1 Å². The van der Waals surface area contributed by atoms with Crippen molar-refractivity contribution in [2.45, 2.75) is 199 Å². The number of ether oxygens (including phenoxy) is 7. The molecule has 4 fully saturated rings. The third kappa shape index (κ3) is 18.3. The molecule has 1 amide bonds. The highest BCUT2D eigenvalue weighted by molar-refractivity contribution is 6.39. The van der Waals surface area contributed by atoms with E-state index in [1.807, 2.05) is 58.1 Å². The van der Waals surface area contributed by atoms with E-state index in [2.05, 4.69) is 4.90 Å². The largest absolute Gasteiger partial charge is 0.468 e. The van der Waals surface area contributed by atoms with Gasteiger partial charge in [0.15, 0.2) is 5.78 Å². The van der Waals surface area contributed by atoms with Crippen molar-refractivity contribution in [3.8, 4) is 0 Å². The van der Waals surface area contributed by atoms with E-state index in [4.69, 9.17) is 33.2 Å². The summed E-state index contributed by atoms with van der Waals surface area (Å²) in [5.41, 5.74) is 1.27. The minimum Gasteiger partial charge on any atom is -0.468 e. The van der Waals surface area contributed by atoms with E-state index < -0.39 is 77.8 Å². The van der Waals surface area contributed by atoms with E-state index in [1.165, 1.54) is 12.0 Å². The summed E-state index contributed by atoms with van der Waals surface area (Å²) in [7, 11) is 4.67. The number of fused-ring (bicyclic) bond motifs is 3. The molecule has 5 aliphatic rings. The van der Waals surface area contributed by atoms with Gasteiger partial charge in [-0.25, -0.2) is 4.79 Å². The number of likely N-dealkylation sites (tertiary alicyclic amines) is 1. The van der Waals surface area contributed by atoms with Gasteiger partial charge in [0.2, 0.25) is 5.79 Å². The second-order valence-corrected chi connectivity index (χ2v) is 23.5. The standard InChI is InChI=1S/C61H96N2O15/c1-39-17-12-11-13-18-40(2)52(72-8)35-48-22-20-45(7)61(71,78-48)58(68)59(69)63-27-15-14-19-49(63)60(70)77-53(36-50(65)41(3)32-44(6)56(67)57(74-10)55(66)43(5)31-39)42(4)33-47-21-23-51(54(34-47)73-9)76-30-16-26-62-28-24-46(25-29-62)37-75-38-64/h11-13,17-18,32,38-39,41-43,45-49,51-54,56-57,67,71H,14-16,19-31,33-37H2,1-10H3/b13-11+,17-12+,40-18+,44-32+/t39-,41-,42-,43-,45-,47+,48+,49+,51-,52+,53+,54-,56-,57+,61-/m1/s1. The van der Waals surface area contributed by atoms with Crippen molar-refractivity contribution >= 4 is 35.7 Å². The lowest BCUT2D eigenvalue weighted by molar-refractivity contribution is -0.265. The molecule has 4 heterocycles. The Labute approximate surface area is 465 Å². The van der Waals surface area contributed by atoms with Gasteiger partial charge in [-0.2, -0.15) is 0 Å². The zero-order valence-corrected chi connectivity index (χ0v) is 48.6. The van der Waals surface area contributed by atoms with E-state index >= 15 is 0 Å². The maximum Gasteiger partial charge on any atom is 0.329 e. The van der Waals surface area contributed by atoms with Crippen LogP contribution in [0.2, 0.25) is 0 Å². The van der Waals surface area contributed by atoms with Crippen molar-refractivity contribution in [1.29, 1.82) is 0 Å². The summed E-state index contributed by atoms with van der Waals surface area (Å²) in [4.78, 5) is 85.9. The minimum atomic E-state index is -2.44. The van der Waals surface area contributed by atoms with Gasteiger partial charge >= 0.3 is 5.97 Å². The van der Waals surface area contributed by atoms with Crippen molar-refractivity contribution in [3.05, 3.63) is 47.6 Å². The number of hydrogen-bond donors (Lipinski definition) is 2. The maximum absolute atomic E-state index is 14.6. The molecule has 0 radical (unpaired) electrons. The number of esters is 1. The molecule has 1 aliphatic carbocycles. The van der Waals surface area contributed by atoms with Gasteiger partial charge in [-0.1, -0.05) is 71.1 Å². The predicted molar refractivity (Wildman–Crippen MR) is 295 cm³/mol. The fourth-order valence-electron chi connectivity index (χ4n) is 12.4. The molecule has 0 aromatic carbocycles. The van der Waals surface area contributed by atoms with Crippen LogP contribution in [0.25, 0.3) is 0 Å². The number of carbonyl (C=O) groups is 6. The number of methoxy groups -OCH3 is 3. The summed E-state index contributed by atoms with van der Waals surface area (Å²) in [5.74, 6) is -7.51. The monoisotopic (exact) mass is 1100 g/mol. The Morgan fingerprint density at radius 1 is 0.821 bits per heavy atom. The molecule has 2 N–H and O–H groups in total. The summed E-state index contributed by atoms with van der Waals surface area (Å²) in [6.45, 7) is 17.3. The van der Waals surface area contributed by atoms with E-state index in [9.17, 15) is 39.0 Å². The van der Waals surface area contributed by atoms with Crippen LogP contribution in [0, 0.1) is 41.4 Å². The molecule has 440 valence electrons. The highest BCUT2D eigenvalue weighted by Crippen LogP contribution is 2.38. The zero-order chi connectivity index (χ0) is 57.1. The van der Waals surface area contributed by atoms with Gasteiger partial charge in [0.1, 0.15) is 30.1 Å². The molecule has 0 aromatic rings. The molecule has 0 aromatic heterocycles. The van der Waals surface area contributed by atoms with Gasteiger partial charge in [-0.3, -0.25) is 24.0 Å². The summed E-state index contributed by atoms with van der Waals surface area (Å²) < 4.78 is 41.5. The van der Waals surface area contributed by atoms with Crippen LogP contribution >= 0.6 is 0 Å². The molecule has 5 rings (SSSR count).